The molecule has 5 aromatic rings. The van der Waals surface area contributed by atoms with Gasteiger partial charge in [0.2, 0.25) is 0 Å². The lowest BCUT2D eigenvalue weighted by molar-refractivity contribution is 0.256. The van der Waals surface area contributed by atoms with Gasteiger partial charge in [-0.2, -0.15) is 0 Å². The van der Waals surface area contributed by atoms with Crippen LogP contribution in [0.15, 0.2) is 112 Å². The zero-order valence-corrected chi connectivity index (χ0v) is 18.3. The lowest BCUT2D eigenvalue weighted by Crippen LogP contribution is -2.02. The van der Waals surface area contributed by atoms with E-state index in [-0.39, 0.29) is 11.2 Å². The molecular weight excluding hydrogens is 428 g/mol. The Balaban J connectivity index is 1.49. The van der Waals surface area contributed by atoms with Gasteiger partial charge in [-0.15, -0.1) is 0 Å². The van der Waals surface area contributed by atoms with E-state index in [1.807, 2.05) is 78.9 Å². The summed E-state index contributed by atoms with van der Waals surface area (Å²) in [4.78, 5) is 12.6. The maximum absolute atomic E-state index is 12.6. The standard InChI is InChI=1S/C29H22O5/c30-23-12-14-26-24(16-23)25(31)17-28(34-26)22-11-13-27(32-18-20-7-3-1-4-8-20)29(15-22)33-19-21-9-5-2-6-10-21/h1-17,30H,18-19H2. The topological polar surface area (TPSA) is 68.9 Å². The maximum Gasteiger partial charge on any atom is 0.193 e. The molecule has 1 heterocycles. The molecule has 5 heteroatoms. The minimum absolute atomic E-state index is 0.0177. The number of fused-ring (bicyclic) bond motifs is 1. The number of ether oxygens (including phenoxy) is 2. The van der Waals surface area contributed by atoms with Gasteiger partial charge in [-0.05, 0) is 47.5 Å². The van der Waals surface area contributed by atoms with Crippen molar-refractivity contribution in [1.82, 2.24) is 0 Å². The van der Waals surface area contributed by atoms with Crippen molar-refractivity contribution < 1.29 is 19.0 Å². The second kappa shape index (κ2) is 9.55. The summed E-state index contributed by atoms with van der Waals surface area (Å²) in [5, 5.41) is 10.0. The highest BCUT2D eigenvalue weighted by Gasteiger charge is 2.13. The summed E-state index contributed by atoms with van der Waals surface area (Å²) in [5.41, 5.74) is 2.92. The fourth-order valence-electron chi connectivity index (χ4n) is 3.65. The van der Waals surface area contributed by atoms with Gasteiger partial charge in [0.25, 0.3) is 0 Å². The first-order valence-electron chi connectivity index (χ1n) is 10.9. The van der Waals surface area contributed by atoms with E-state index >= 15 is 0 Å². The first-order chi connectivity index (χ1) is 16.7. The molecule has 0 fully saturated rings. The minimum Gasteiger partial charge on any atom is -0.508 e. The summed E-state index contributed by atoms with van der Waals surface area (Å²) in [7, 11) is 0. The fourth-order valence-corrected chi connectivity index (χ4v) is 3.65. The van der Waals surface area contributed by atoms with Crippen molar-refractivity contribution in [3.05, 3.63) is 124 Å². The van der Waals surface area contributed by atoms with E-state index in [4.69, 9.17) is 13.9 Å². The molecule has 0 amide bonds. The molecule has 0 radical (unpaired) electrons. The van der Waals surface area contributed by atoms with Crippen LogP contribution in [0, 0.1) is 0 Å². The van der Waals surface area contributed by atoms with Crippen LogP contribution >= 0.6 is 0 Å². The molecule has 0 spiro atoms. The third kappa shape index (κ3) is 4.79. The van der Waals surface area contributed by atoms with E-state index in [9.17, 15) is 9.90 Å². The summed E-state index contributed by atoms with van der Waals surface area (Å²) in [5.74, 6) is 1.56. The second-order valence-electron chi connectivity index (χ2n) is 7.87. The average molecular weight is 450 g/mol. The number of benzene rings is 4. The van der Waals surface area contributed by atoms with Gasteiger partial charge in [0.1, 0.15) is 30.3 Å². The molecule has 0 atom stereocenters. The number of phenols is 1. The quantitative estimate of drug-likeness (QED) is 0.314. The normalized spacial score (nSPS) is 10.8. The van der Waals surface area contributed by atoms with E-state index < -0.39 is 0 Å². The lowest BCUT2D eigenvalue weighted by atomic mass is 10.1. The Morgan fingerprint density at radius 1 is 0.676 bits per heavy atom. The molecule has 1 N–H and O–H groups in total. The number of hydrogen-bond acceptors (Lipinski definition) is 5. The van der Waals surface area contributed by atoms with Crippen molar-refractivity contribution in [3.63, 3.8) is 0 Å². The Labute approximate surface area is 196 Å². The Morgan fingerprint density at radius 3 is 2.00 bits per heavy atom. The van der Waals surface area contributed by atoms with Crippen LogP contribution in [0.3, 0.4) is 0 Å². The van der Waals surface area contributed by atoms with Crippen LogP contribution in [0.5, 0.6) is 17.2 Å². The van der Waals surface area contributed by atoms with Gasteiger partial charge < -0.3 is 19.0 Å². The highest BCUT2D eigenvalue weighted by atomic mass is 16.5. The Hall–Kier alpha value is -4.51. The molecule has 0 aliphatic carbocycles. The van der Waals surface area contributed by atoms with Crippen molar-refractivity contribution in [1.29, 1.82) is 0 Å². The molecule has 1 aromatic heterocycles. The summed E-state index contributed by atoms with van der Waals surface area (Å²) < 4.78 is 18.2. The van der Waals surface area contributed by atoms with Crippen LogP contribution in [0.1, 0.15) is 11.1 Å². The Bertz CT molecular complexity index is 1470. The van der Waals surface area contributed by atoms with Crippen LogP contribution in [0.2, 0.25) is 0 Å². The molecule has 0 saturated heterocycles. The first-order valence-corrected chi connectivity index (χ1v) is 10.9. The van der Waals surface area contributed by atoms with Gasteiger partial charge in [0.05, 0.1) is 5.39 Å². The summed E-state index contributed by atoms with van der Waals surface area (Å²) in [6, 6.07) is 31.1. The molecule has 0 saturated carbocycles. The van der Waals surface area contributed by atoms with Gasteiger partial charge in [-0.25, -0.2) is 0 Å². The average Bonchev–Trinajstić information content (AvgIpc) is 2.88. The Kier molecular flexibility index (Phi) is 5.99. The van der Waals surface area contributed by atoms with Crippen LogP contribution in [-0.4, -0.2) is 5.11 Å². The molecule has 0 unspecified atom stereocenters. The predicted molar refractivity (Wildman–Crippen MR) is 131 cm³/mol. The van der Waals surface area contributed by atoms with Gasteiger partial charge in [-0.3, -0.25) is 4.79 Å². The van der Waals surface area contributed by atoms with Gasteiger partial charge >= 0.3 is 0 Å². The van der Waals surface area contributed by atoms with Crippen molar-refractivity contribution in [2.75, 3.05) is 0 Å². The summed E-state index contributed by atoms with van der Waals surface area (Å²) in [6.07, 6.45) is 0. The molecule has 0 aliphatic rings. The van der Waals surface area contributed by atoms with Crippen LogP contribution in [0.4, 0.5) is 0 Å². The SMILES string of the molecule is O=c1cc(-c2ccc(OCc3ccccc3)c(OCc3ccccc3)c2)oc2ccc(O)cc12. The molecule has 0 bridgehead atoms. The van der Waals surface area contributed by atoms with Gasteiger partial charge in [0.15, 0.2) is 16.9 Å². The van der Waals surface area contributed by atoms with Crippen molar-refractivity contribution in [2.24, 2.45) is 0 Å². The summed E-state index contributed by atoms with van der Waals surface area (Å²) in [6.45, 7) is 0.767. The maximum atomic E-state index is 12.6. The van der Waals surface area contributed by atoms with Crippen LogP contribution in [-0.2, 0) is 13.2 Å². The second-order valence-corrected chi connectivity index (χ2v) is 7.87. The number of aromatic hydroxyl groups is 1. The Morgan fingerprint density at radius 2 is 1.32 bits per heavy atom. The van der Waals surface area contributed by atoms with E-state index in [1.165, 1.54) is 18.2 Å². The zero-order chi connectivity index (χ0) is 23.3. The number of rotatable bonds is 7. The predicted octanol–water partition coefficient (Wildman–Crippen LogP) is 6.32. The van der Waals surface area contributed by atoms with E-state index in [0.717, 1.165) is 11.1 Å². The van der Waals surface area contributed by atoms with Gasteiger partial charge in [0, 0.05) is 11.6 Å². The van der Waals surface area contributed by atoms with Crippen LogP contribution in [0.25, 0.3) is 22.3 Å². The summed E-state index contributed by atoms with van der Waals surface area (Å²) >= 11 is 0. The molecule has 0 aliphatic heterocycles. The smallest absolute Gasteiger partial charge is 0.193 e. The molecule has 4 aromatic carbocycles. The molecular formula is C29H22O5. The fraction of sp³-hybridized carbons (Fsp3) is 0.0690. The largest absolute Gasteiger partial charge is 0.508 e. The third-order valence-corrected chi connectivity index (χ3v) is 5.41. The number of phenolic OH excluding ortho intramolecular Hbond substituents is 1. The first kappa shape index (κ1) is 21.3. The number of hydrogen-bond donors (Lipinski definition) is 1. The van der Waals surface area contributed by atoms with E-state index in [2.05, 4.69) is 0 Å². The van der Waals surface area contributed by atoms with Crippen molar-refractivity contribution >= 4 is 11.0 Å². The zero-order valence-electron chi connectivity index (χ0n) is 18.3. The van der Waals surface area contributed by atoms with Gasteiger partial charge in [-0.1, -0.05) is 60.7 Å². The highest BCUT2D eigenvalue weighted by molar-refractivity contribution is 5.80. The minimum atomic E-state index is -0.233. The van der Waals surface area contributed by atoms with Crippen molar-refractivity contribution in [2.45, 2.75) is 13.2 Å². The third-order valence-electron chi connectivity index (χ3n) is 5.41. The van der Waals surface area contributed by atoms with Crippen LogP contribution < -0.4 is 14.9 Å². The highest BCUT2D eigenvalue weighted by Crippen LogP contribution is 2.34. The molecule has 168 valence electrons. The van der Waals surface area contributed by atoms with E-state index in [1.54, 1.807) is 6.07 Å². The molecule has 5 rings (SSSR count). The lowest BCUT2D eigenvalue weighted by Gasteiger charge is -2.15. The molecule has 5 nitrogen and oxygen atoms in total. The van der Waals surface area contributed by atoms with E-state index in [0.29, 0.717) is 47.0 Å². The monoisotopic (exact) mass is 450 g/mol. The molecule has 34 heavy (non-hydrogen) atoms. The van der Waals surface area contributed by atoms with Crippen molar-refractivity contribution in [3.8, 4) is 28.6 Å².